The molecule has 2 atom stereocenters. The number of hydrogen-bond acceptors (Lipinski definition) is 2. The largest absolute Gasteiger partial charge is 0.315 e. The van der Waals surface area contributed by atoms with Crippen LogP contribution in [0.2, 0.25) is 0 Å². The lowest BCUT2D eigenvalue weighted by atomic mass is 9.94. The topological polar surface area (TPSA) is 12.0 Å². The van der Waals surface area contributed by atoms with Crippen LogP contribution in [0.1, 0.15) is 26.2 Å². The zero-order chi connectivity index (χ0) is 9.03. The highest BCUT2D eigenvalue weighted by Crippen LogP contribution is 2.41. The van der Waals surface area contributed by atoms with E-state index in [0.29, 0.717) is 10.8 Å². The molecule has 70 valence electrons. The second-order valence-corrected chi connectivity index (χ2v) is 5.26. The van der Waals surface area contributed by atoms with Crippen LogP contribution in [0.15, 0.2) is 12.7 Å². The quantitative estimate of drug-likeness (QED) is 0.675. The Balaban J connectivity index is 2.55. The van der Waals surface area contributed by atoms with Gasteiger partial charge in [0.25, 0.3) is 0 Å². The van der Waals surface area contributed by atoms with Gasteiger partial charge in [-0.15, -0.1) is 6.58 Å². The molecule has 1 saturated heterocycles. The summed E-state index contributed by atoms with van der Waals surface area (Å²) in [7, 11) is 2.05. The minimum atomic E-state index is 0.447. The first kappa shape index (κ1) is 10.1. The second kappa shape index (κ2) is 4.33. The Labute approximate surface area is 80.0 Å². The van der Waals surface area contributed by atoms with Crippen molar-refractivity contribution in [3.05, 3.63) is 12.7 Å². The SMILES string of the molecule is C=CCC(NC)C1(C)CCCS1. The number of rotatable bonds is 4. The summed E-state index contributed by atoms with van der Waals surface area (Å²) < 4.78 is 0.447. The van der Waals surface area contributed by atoms with Crippen molar-refractivity contribution < 1.29 is 0 Å². The smallest absolute Gasteiger partial charge is 0.0288 e. The lowest BCUT2D eigenvalue weighted by Crippen LogP contribution is -2.43. The van der Waals surface area contributed by atoms with Crippen LogP contribution in [-0.2, 0) is 0 Å². The summed E-state index contributed by atoms with van der Waals surface area (Å²) >= 11 is 2.11. The van der Waals surface area contributed by atoms with Crippen LogP contribution in [0.25, 0.3) is 0 Å². The molecule has 1 rings (SSSR count). The van der Waals surface area contributed by atoms with Crippen LogP contribution in [0.3, 0.4) is 0 Å². The molecule has 0 radical (unpaired) electrons. The third-order valence-electron chi connectivity index (χ3n) is 2.74. The Bertz CT molecular complexity index is 150. The molecular formula is C10H19NS. The van der Waals surface area contributed by atoms with E-state index in [9.17, 15) is 0 Å². The van der Waals surface area contributed by atoms with Gasteiger partial charge in [0.2, 0.25) is 0 Å². The summed E-state index contributed by atoms with van der Waals surface area (Å²) in [6, 6.07) is 0.600. The summed E-state index contributed by atoms with van der Waals surface area (Å²) in [6.45, 7) is 6.17. The maximum atomic E-state index is 3.80. The van der Waals surface area contributed by atoms with Gasteiger partial charge in [-0.05, 0) is 39.0 Å². The lowest BCUT2D eigenvalue weighted by Gasteiger charge is -2.32. The van der Waals surface area contributed by atoms with E-state index in [1.807, 2.05) is 6.08 Å². The van der Waals surface area contributed by atoms with Gasteiger partial charge in [0.05, 0.1) is 0 Å². The van der Waals surface area contributed by atoms with Crippen LogP contribution in [-0.4, -0.2) is 23.6 Å². The molecule has 0 aromatic heterocycles. The Morgan fingerprint density at radius 1 is 1.75 bits per heavy atom. The molecule has 0 bridgehead atoms. The van der Waals surface area contributed by atoms with Gasteiger partial charge in [-0.3, -0.25) is 0 Å². The standard InChI is InChI=1S/C10H19NS/c1-4-6-9(11-3)10(2)7-5-8-12-10/h4,9,11H,1,5-8H2,2-3H3. The summed E-state index contributed by atoms with van der Waals surface area (Å²) in [5.74, 6) is 1.33. The van der Waals surface area contributed by atoms with Crippen LogP contribution in [0, 0.1) is 0 Å². The van der Waals surface area contributed by atoms with Gasteiger partial charge in [-0.1, -0.05) is 6.08 Å². The highest BCUT2D eigenvalue weighted by Gasteiger charge is 2.35. The molecule has 1 N–H and O–H groups in total. The van der Waals surface area contributed by atoms with Gasteiger partial charge in [0.1, 0.15) is 0 Å². The van der Waals surface area contributed by atoms with Gasteiger partial charge in [0, 0.05) is 10.8 Å². The summed E-state index contributed by atoms with van der Waals surface area (Å²) in [5.41, 5.74) is 0. The van der Waals surface area contributed by atoms with Crippen LogP contribution in [0.5, 0.6) is 0 Å². The molecule has 0 aromatic carbocycles. The van der Waals surface area contributed by atoms with Gasteiger partial charge in [-0.25, -0.2) is 0 Å². The molecule has 1 aliphatic rings. The summed E-state index contributed by atoms with van der Waals surface area (Å²) in [6.07, 6.45) is 5.82. The summed E-state index contributed by atoms with van der Waals surface area (Å²) in [4.78, 5) is 0. The average molecular weight is 185 g/mol. The Kier molecular flexibility index (Phi) is 3.66. The van der Waals surface area contributed by atoms with Crippen molar-refractivity contribution in [3.8, 4) is 0 Å². The molecule has 1 heterocycles. The minimum absolute atomic E-state index is 0.447. The van der Waals surface area contributed by atoms with Gasteiger partial charge >= 0.3 is 0 Å². The number of thioether (sulfide) groups is 1. The molecule has 12 heavy (non-hydrogen) atoms. The van der Waals surface area contributed by atoms with Crippen LogP contribution >= 0.6 is 11.8 Å². The van der Waals surface area contributed by atoms with Gasteiger partial charge < -0.3 is 5.32 Å². The van der Waals surface area contributed by atoms with Crippen molar-refractivity contribution >= 4 is 11.8 Å². The fourth-order valence-electron chi connectivity index (χ4n) is 1.91. The first-order valence-electron chi connectivity index (χ1n) is 4.65. The predicted molar refractivity (Wildman–Crippen MR) is 57.8 cm³/mol. The fourth-order valence-corrected chi connectivity index (χ4v) is 3.37. The van der Waals surface area contributed by atoms with E-state index in [0.717, 1.165) is 6.42 Å². The monoisotopic (exact) mass is 185 g/mol. The lowest BCUT2D eigenvalue weighted by molar-refractivity contribution is 0.429. The van der Waals surface area contributed by atoms with Crippen molar-refractivity contribution in [2.24, 2.45) is 0 Å². The molecule has 0 spiro atoms. The molecular weight excluding hydrogens is 166 g/mol. The number of nitrogens with one attached hydrogen (secondary N) is 1. The van der Waals surface area contributed by atoms with Crippen molar-refractivity contribution in [3.63, 3.8) is 0 Å². The van der Waals surface area contributed by atoms with E-state index < -0.39 is 0 Å². The molecule has 0 saturated carbocycles. The van der Waals surface area contributed by atoms with Crippen molar-refractivity contribution in [1.29, 1.82) is 0 Å². The van der Waals surface area contributed by atoms with E-state index >= 15 is 0 Å². The maximum Gasteiger partial charge on any atom is 0.0288 e. The fraction of sp³-hybridized carbons (Fsp3) is 0.800. The zero-order valence-electron chi connectivity index (χ0n) is 8.10. The molecule has 2 heteroatoms. The highest BCUT2D eigenvalue weighted by atomic mass is 32.2. The number of hydrogen-bond donors (Lipinski definition) is 1. The highest BCUT2D eigenvalue weighted by molar-refractivity contribution is 8.00. The van der Waals surface area contributed by atoms with Crippen molar-refractivity contribution in [1.82, 2.24) is 5.32 Å². The molecule has 1 fully saturated rings. The first-order chi connectivity index (χ1) is 5.73. The normalized spacial score (nSPS) is 31.8. The maximum absolute atomic E-state index is 3.80. The van der Waals surface area contributed by atoms with Gasteiger partial charge in [-0.2, -0.15) is 11.8 Å². The summed E-state index contributed by atoms with van der Waals surface area (Å²) in [5, 5.41) is 3.39. The van der Waals surface area contributed by atoms with Gasteiger partial charge in [0.15, 0.2) is 0 Å². The third-order valence-corrected chi connectivity index (χ3v) is 4.38. The first-order valence-corrected chi connectivity index (χ1v) is 5.63. The van der Waals surface area contributed by atoms with Crippen molar-refractivity contribution in [2.75, 3.05) is 12.8 Å². The van der Waals surface area contributed by atoms with E-state index in [2.05, 4.69) is 37.6 Å². The predicted octanol–water partition coefficient (Wildman–Crippen LogP) is 2.44. The molecule has 1 aliphatic heterocycles. The molecule has 2 unspecified atom stereocenters. The molecule has 1 nitrogen and oxygen atoms in total. The van der Waals surface area contributed by atoms with E-state index in [4.69, 9.17) is 0 Å². The Morgan fingerprint density at radius 3 is 2.92 bits per heavy atom. The average Bonchev–Trinajstić information content (AvgIpc) is 2.49. The Morgan fingerprint density at radius 2 is 2.50 bits per heavy atom. The molecule has 0 aromatic rings. The van der Waals surface area contributed by atoms with E-state index in [-0.39, 0.29) is 0 Å². The van der Waals surface area contributed by atoms with Crippen LogP contribution < -0.4 is 5.32 Å². The molecule has 0 amide bonds. The minimum Gasteiger partial charge on any atom is -0.315 e. The van der Waals surface area contributed by atoms with Crippen LogP contribution in [0.4, 0.5) is 0 Å². The second-order valence-electron chi connectivity index (χ2n) is 3.63. The molecule has 0 aliphatic carbocycles. The Hall–Kier alpha value is 0.0500. The zero-order valence-corrected chi connectivity index (χ0v) is 8.91. The third kappa shape index (κ3) is 2.05. The van der Waals surface area contributed by atoms with E-state index in [1.165, 1.54) is 18.6 Å². The van der Waals surface area contributed by atoms with E-state index in [1.54, 1.807) is 0 Å². The van der Waals surface area contributed by atoms with Crippen molar-refractivity contribution in [2.45, 2.75) is 37.0 Å².